The first kappa shape index (κ1) is 38.5. The molecule has 3 heteroatoms. The molecule has 0 saturated carbocycles. The summed E-state index contributed by atoms with van der Waals surface area (Å²) < 4.78 is 8.71. The van der Waals surface area contributed by atoms with Crippen LogP contribution < -0.4 is 4.90 Å². The first-order chi connectivity index (χ1) is 33.2. The SMILES string of the molecule is c1cc(-c2ccc(N(c3cccc(-c4ccc5ccccc5c4)c3)c3cccc(-c4cccc5oc6ccccc6c45)c3)cc2)cc(-c2cccc(-n3c4ccccc4c4ccccc43)c2)c1. The van der Waals surface area contributed by atoms with Crippen LogP contribution in [0.1, 0.15) is 0 Å². The number of aromatic nitrogens is 1. The van der Waals surface area contributed by atoms with Crippen LogP contribution in [0.5, 0.6) is 0 Å². The fourth-order valence-electron chi connectivity index (χ4n) is 10.2. The molecule has 0 radical (unpaired) electrons. The lowest BCUT2D eigenvalue weighted by molar-refractivity contribution is 0.669. The number of para-hydroxylation sites is 3. The molecule has 13 rings (SSSR count). The molecule has 0 bridgehead atoms. The molecule has 67 heavy (non-hydrogen) atoms. The van der Waals surface area contributed by atoms with Crippen LogP contribution in [0.4, 0.5) is 17.1 Å². The van der Waals surface area contributed by atoms with Gasteiger partial charge in [0, 0.05) is 44.3 Å². The van der Waals surface area contributed by atoms with Gasteiger partial charge in [0.05, 0.1) is 11.0 Å². The molecule has 0 aliphatic rings. The molecule has 2 aromatic heterocycles. The van der Waals surface area contributed by atoms with Crippen LogP contribution in [-0.4, -0.2) is 4.57 Å². The number of benzene rings is 11. The molecule has 0 atom stereocenters. The highest BCUT2D eigenvalue weighted by molar-refractivity contribution is 6.13. The third-order valence-corrected chi connectivity index (χ3v) is 13.3. The monoisotopic (exact) mass is 854 g/mol. The quantitative estimate of drug-likeness (QED) is 0.152. The van der Waals surface area contributed by atoms with Gasteiger partial charge in [0.2, 0.25) is 0 Å². The lowest BCUT2D eigenvalue weighted by atomic mass is 9.97. The number of hydrogen-bond donors (Lipinski definition) is 0. The van der Waals surface area contributed by atoms with Gasteiger partial charge in [0.25, 0.3) is 0 Å². The minimum Gasteiger partial charge on any atom is -0.456 e. The van der Waals surface area contributed by atoms with Crippen molar-refractivity contribution in [3.63, 3.8) is 0 Å². The van der Waals surface area contributed by atoms with Crippen LogP contribution in [0.15, 0.2) is 259 Å². The van der Waals surface area contributed by atoms with Crippen molar-refractivity contribution >= 4 is 71.6 Å². The minimum absolute atomic E-state index is 0.888. The standard InChI is InChI=1S/C64H42N2O/c1-2-15-45-39-50(33-32-43(45)14-1)49-19-10-21-53(40-49)65(54-22-12-20-51(42-54)56-27-13-31-63-64(56)59-26-5-8-30-62(59)67-63)52-36-34-44(35-37-52)46-16-9-17-47(38-46)48-18-11-23-55(41-48)66-60-28-6-3-24-57(60)58-25-4-7-29-61(58)66/h1-42H. The zero-order valence-electron chi connectivity index (χ0n) is 36.6. The van der Waals surface area contributed by atoms with Gasteiger partial charge in [0.15, 0.2) is 0 Å². The molecule has 0 fully saturated rings. The fraction of sp³-hybridized carbons (Fsp3) is 0. The Morgan fingerprint density at radius 1 is 0.299 bits per heavy atom. The van der Waals surface area contributed by atoms with Crippen molar-refractivity contribution in [1.82, 2.24) is 4.57 Å². The Labute approximate surface area is 388 Å². The van der Waals surface area contributed by atoms with Gasteiger partial charge in [-0.1, -0.05) is 170 Å². The lowest BCUT2D eigenvalue weighted by Gasteiger charge is -2.27. The molecular formula is C64H42N2O. The molecule has 314 valence electrons. The number of fused-ring (bicyclic) bond motifs is 7. The molecule has 2 heterocycles. The highest BCUT2D eigenvalue weighted by Crippen LogP contribution is 2.42. The van der Waals surface area contributed by atoms with Crippen molar-refractivity contribution in [1.29, 1.82) is 0 Å². The Balaban J connectivity index is 0.892. The topological polar surface area (TPSA) is 21.3 Å². The summed E-state index contributed by atoms with van der Waals surface area (Å²) >= 11 is 0. The molecule has 13 aromatic rings. The van der Waals surface area contributed by atoms with Crippen molar-refractivity contribution in [3.05, 3.63) is 255 Å². The van der Waals surface area contributed by atoms with Gasteiger partial charge in [0.1, 0.15) is 11.2 Å². The maximum atomic E-state index is 6.33. The molecule has 0 aliphatic carbocycles. The first-order valence-corrected chi connectivity index (χ1v) is 22.9. The third kappa shape index (κ3) is 6.76. The fourth-order valence-corrected chi connectivity index (χ4v) is 10.2. The summed E-state index contributed by atoms with van der Waals surface area (Å²) in [6.07, 6.45) is 0. The predicted molar refractivity (Wildman–Crippen MR) is 282 cm³/mol. The molecule has 0 unspecified atom stereocenters. The molecule has 0 spiro atoms. The molecule has 0 saturated heterocycles. The molecule has 0 aliphatic heterocycles. The smallest absolute Gasteiger partial charge is 0.136 e. The maximum absolute atomic E-state index is 6.33. The summed E-state index contributed by atoms with van der Waals surface area (Å²) in [5.74, 6) is 0. The molecular weight excluding hydrogens is 813 g/mol. The summed E-state index contributed by atoms with van der Waals surface area (Å²) in [5.41, 5.74) is 17.8. The second-order valence-corrected chi connectivity index (χ2v) is 17.3. The zero-order valence-corrected chi connectivity index (χ0v) is 36.6. The van der Waals surface area contributed by atoms with E-state index in [1.807, 2.05) is 12.1 Å². The Morgan fingerprint density at radius 3 is 1.58 bits per heavy atom. The average Bonchev–Trinajstić information content (AvgIpc) is 3.95. The summed E-state index contributed by atoms with van der Waals surface area (Å²) in [5, 5.41) is 7.24. The van der Waals surface area contributed by atoms with E-state index in [-0.39, 0.29) is 0 Å². The van der Waals surface area contributed by atoms with Gasteiger partial charge >= 0.3 is 0 Å². The van der Waals surface area contributed by atoms with Gasteiger partial charge in [-0.15, -0.1) is 0 Å². The summed E-state index contributed by atoms with van der Waals surface area (Å²) in [7, 11) is 0. The van der Waals surface area contributed by atoms with E-state index in [0.29, 0.717) is 0 Å². The van der Waals surface area contributed by atoms with E-state index in [2.05, 4.69) is 252 Å². The minimum atomic E-state index is 0.888. The number of rotatable bonds is 8. The Kier molecular flexibility index (Phi) is 9.17. The molecule has 11 aromatic carbocycles. The van der Waals surface area contributed by atoms with Crippen LogP contribution in [0.3, 0.4) is 0 Å². The summed E-state index contributed by atoms with van der Waals surface area (Å²) in [6, 6.07) is 92.0. The number of anilines is 3. The highest BCUT2D eigenvalue weighted by Gasteiger charge is 2.18. The van der Waals surface area contributed by atoms with Crippen LogP contribution in [0, 0.1) is 0 Å². The zero-order chi connectivity index (χ0) is 44.3. The van der Waals surface area contributed by atoms with Crippen molar-refractivity contribution in [2.45, 2.75) is 0 Å². The van der Waals surface area contributed by atoms with E-state index in [4.69, 9.17) is 4.42 Å². The van der Waals surface area contributed by atoms with Crippen molar-refractivity contribution in [3.8, 4) is 50.2 Å². The van der Waals surface area contributed by atoms with E-state index in [0.717, 1.165) is 66.9 Å². The predicted octanol–water partition coefficient (Wildman–Crippen LogP) is 18.0. The highest BCUT2D eigenvalue weighted by atomic mass is 16.3. The largest absolute Gasteiger partial charge is 0.456 e. The van der Waals surface area contributed by atoms with Crippen LogP contribution in [0.2, 0.25) is 0 Å². The number of nitrogens with zero attached hydrogens (tertiary/aromatic N) is 2. The average molecular weight is 855 g/mol. The lowest BCUT2D eigenvalue weighted by Crippen LogP contribution is -2.10. The molecule has 0 N–H and O–H groups in total. The number of hydrogen-bond acceptors (Lipinski definition) is 2. The van der Waals surface area contributed by atoms with Gasteiger partial charge < -0.3 is 13.9 Å². The van der Waals surface area contributed by atoms with E-state index in [1.165, 1.54) is 54.8 Å². The third-order valence-electron chi connectivity index (χ3n) is 13.3. The van der Waals surface area contributed by atoms with Crippen LogP contribution >= 0.6 is 0 Å². The summed E-state index contributed by atoms with van der Waals surface area (Å²) in [4.78, 5) is 2.38. The van der Waals surface area contributed by atoms with Gasteiger partial charge in [-0.2, -0.15) is 0 Å². The second kappa shape index (κ2) is 16.0. The first-order valence-electron chi connectivity index (χ1n) is 22.9. The van der Waals surface area contributed by atoms with Crippen LogP contribution in [-0.2, 0) is 0 Å². The van der Waals surface area contributed by atoms with Crippen LogP contribution in [0.25, 0.3) is 105 Å². The Morgan fingerprint density at radius 2 is 0.821 bits per heavy atom. The van der Waals surface area contributed by atoms with Crippen molar-refractivity contribution < 1.29 is 4.42 Å². The van der Waals surface area contributed by atoms with E-state index in [9.17, 15) is 0 Å². The van der Waals surface area contributed by atoms with Crippen molar-refractivity contribution in [2.24, 2.45) is 0 Å². The van der Waals surface area contributed by atoms with E-state index in [1.54, 1.807) is 0 Å². The Hall–Kier alpha value is -8.92. The molecule has 3 nitrogen and oxygen atoms in total. The maximum Gasteiger partial charge on any atom is 0.136 e. The summed E-state index contributed by atoms with van der Waals surface area (Å²) in [6.45, 7) is 0. The normalized spacial score (nSPS) is 11.6. The van der Waals surface area contributed by atoms with Crippen molar-refractivity contribution in [2.75, 3.05) is 4.90 Å². The molecule has 0 amide bonds. The number of furan rings is 1. The van der Waals surface area contributed by atoms with Gasteiger partial charge in [-0.25, -0.2) is 0 Å². The Bertz CT molecular complexity index is 3950. The second-order valence-electron chi connectivity index (χ2n) is 17.3. The van der Waals surface area contributed by atoms with Gasteiger partial charge in [-0.3, -0.25) is 0 Å². The van der Waals surface area contributed by atoms with E-state index >= 15 is 0 Å². The van der Waals surface area contributed by atoms with E-state index < -0.39 is 0 Å². The van der Waals surface area contributed by atoms with Gasteiger partial charge in [-0.05, 0) is 140 Å².